The molecule has 2 N–H and O–H groups in total. The van der Waals surface area contributed by atoms with Gasteiger partial charge in [0.05, 0.1) is 11.3 Å². The molecule has 0 bridgehead atoms. The average Bonchev–Trinajstić information content (AvgIpc) is 3.08. The first-order valence-corrected chi connectivity index (χ1v) is 9.87. The number of carbonyl (C=O) groups excluding carboxylic acids is 1. The highest BCUT2D eigenvalue weighted by Gasteiger charge is 2.41. The van der Waals surface area contributed by atoms with Gasteiger partial charge in [-0.3, -0.25) is 4.79 Å². The van der Waals surface area contributed by atoms with E-state index in [-0.39, 0.29) is 23.4 Å². The van der Waals surface area contributed by atoms with E-state index in [9.17, 15) is 9.90 Å². The topological polar surface area (TPSA) is 75.4 Å². The number of phenols is 1. The van der Waals surface area contributed by atoms with Crippen molar-refractivity contribution in [2.45, 2.75) is 38.5 Å². The molecule has 3 aromatic rings. The van der Waals surface area contributed by atoms with E-state index < -0.39 is 0 Å². The van der Waals surface area contributed by atoms with E-state index in [0.717, 1.165) is 39.2 Å². The molecule has 0 amide bonds. The van der Waals surface area contributed by atoms with E-state index in [1.165, 1.54) is 0 Å². The molecule has 2 aromatic carbocycles. The summed E-state index contributed by atoms with van der Waals surface area (Å²) in [6.45, 7) is 3.98. The number of para-hydroxylation sites is 1. The first kappa shape index (κ1) is 17.7. The zero-order valence-corrected chi connectivity index (χ0v) is 16.4. The third kappa shape index (κ3) is 2.77. The molecule has 2 aliphatic rings. The van der Waals surface area contributed by atoms with Gasteiger partial charge in [-0.2, -0.15) is 0 Å². The molecule has 5 rings (SSSR count). The predicted molar refractivity (Wildman–Crippen MR) is 110 cm³/mol. The second-order valence-electron chi connectivity index (χ2n) is 7.90. The molecule has 5 nitrogen and oxygen atoms in total. The van der Waals surface area contributed by atoms with Crippen LogP contribution in [0, 0.1) is 13.8 Å². The van der Waals surface area contributed by atoms with Crippen molar-refractivity contribution in [1.29, 1.82) is 0 Å². The number of allylic oxidation sites excluding steroid dienone is 2. The third-order valence-corrected chi connectivity index (χ3v) is 6.13. The second-order valence-corrected chi connectivity index (χ2v) is 7.90. The number of rotatable bonds is 2. The Hall–Kier alpha value is -3.34. The highest BCUT2D eigenvalue weighted by molar-refractivity contribution is 6.01. The van der Waals surface area contributed by atoms with Crippen LogP contribution in [0.3, 0.4) is 0 Å². The lowest BCUT2D eigenvalue weighted by atomic mass is 9.71. The lowest BCUT2D eigenvalue weighted by molar-refractivity contribution is -0.116. The predicted octanol–water partition coefficient (Wildman–Crippen LogP) is 4.96. The smallest absolute Gasteiger partial charge is 0.233 e. The van der Waals surface area contributed by atoms with Crippen molar-refractivity contribution in [2.75, 3.05) is 5.32 Å². The number of anilines is 1. The van der Waals surface area contributed by atoms with Crippen molar-refractivity contribution in [3.05, 3.63) is 87.7 Å². The van der Waals surface area contributed by atoms with Crippen molar-refractivity contribution in [3.8, 4) is 5.75 Å². The van der Waals surface area contributed by atoms with Gasteiger partial charge in [-0.1, -0.05) is 47.6 Å². The van der Waals surface area contributed by atoms with Crippen molar-refractivity contribution < 1.29 is 14.4 Å². The summed E-state index contributed by atoms with van der Waals surface area (Å²) in [6.07, 6.45) is 1.01. The number of aromatic hydroxyl groups is 1. The monoisotopic (exact) mass is 386 g/mol. The maximum absolute atomic E-state index is 13.4. The van der Waals surface area contributed by atoms with E-state index in [4.69, 9.17) is 4.52 Å². The van der Waals surface area contributed by atoms with E-state index in [1.807, 2.05) is 31.2 Å². The summed E-state index contributed by atoms with van der Waals surface area (Å²) in [4.78, 5) is 13.4. The summed E-state index contributed by atoms with van der Waals surface area (Å²) in [5.41, 5.74) is 6.43. The number of fused-ring (bicyclic) bond motifs is 1. The van der Waals surface area contributed by atoms with Gasteiger partial charge < -0.3 is 14.9 Å². The standard InChI is InChI=1S/C24H22N2O3/c1-13-7-3-4-8-16(13)22-21-14(2)26-29-24(21)25-18-11-15(12-20(28)23(18)22)17-9-5-6-10-19(17)27/h3-10,15,22,25,27H,11-12H2,1-2H3/t15-,22+/m1/s1. The van der Waals surface area contributed by atoms with Crippen molar-refractivity contribution in [1.82, 2.24) is 5.16 Å². The van der Waals surface area contributed by atoms with E-state index in [1.54, 1.807) is 12.1 Å². The number of carbonyl (C=O) groups is 1. The number of hydrogen-bond acceptors (Lipinski definition) is 5. The van der Waals surface area contributed by atoms with E-state index in [2.05, 4.69) is 29.5 Å². The van der Waals surface area contributed by atoms with Crippen LogP contribution in [-0.2, 0) is 4.79 Å². The molecule has 1 aliphatic heterocycles. The van der Waals surface area contributed by atoms with Gasteiger partial charge in [0.2, 0.25) is 5.88 Å². The number of Topliss-reactive ketones (excluding diaryl/α,β-unsaturated/α-hetero) is 1. The van der Waals surface area contributed by atoms with Gasteiger partial charge >= 0.3 is 0 Å². The Balaban J connectivity index is 1.66. The number of ketones is 1. The second kappa shape index (κ2) is 6.62. The Morgan fingerprint density at radius 1 is 1.03 bits per heavy atom. The number of nitrogens with one attached hydrogen (secondary N) is 1. The molecule has 0 radical (unpaired) electrons. The van der Waals surface area contributed by atoms with Crippen LogP contribution in [0.1, 0.15) is 52.6 Å². The van der Waals surface area contributed by atoms with E-state index in [0.29, 0.717) is 18.7 Å². The number of phenolic OH excluding ortho intramolecular Hbond substituents is 1. The van der Waals surface area contributed by atoms with Crippen LogP contribution in [-0.4, -0.2) is 16.0 Å². The minimum atomic E-state index is -0.188. The van der Waals surface area contributed by atoms with Crippen molar-refractivity contribution in [2.24, 2.45) is 0 Å². The van der Waals surface area contributed by atoms with Gasteiger partial charge in [0.25, 0.3) is 0 Å². The van der Waals surface area contributed by atoms with Gasteiger partial charge in [-0.25, -0.2) is 0 Å². The highest BCUT2D eigenvalue weighted by atomic mass is 16.5. The molecule has 1 aromatic heterocycles. The van der Waals surface area contributed by atoms with Crippen LogP contribution < -0.4 is 5.32 Å². The van der Waals surface area contributed by atoms with Crippen molar-refractivity contribution in [3.63, 3.8) is 0 Å². The molecule has 2 heterocycles. The molecule has 1 aliphatic carbocycles. The van der Waals surface area contributed by atoms with Crippen LogP contribution in [0.5, 0.6) is 5.75 Å². The molecular formula is C24H22N2O3. The molecule has 0 unspecified atom stereocenters. The zero-order valence-electron chi connectivity index (χ0n) is 16.4. The first-order valence-electron chi connectivity index (χ1n) is 9.87. The number of aromatic nitrogens is 1. The fourth-order valence-corrected chi connectivity index (χ4v) is 4.75. The zero-order chi connectivity index (χ0) is 20.1. The Bertz CT molecular complexity index is 1160. The third-order valence-electron chi connectivity index (χ3n) is 6.13. The summed E-state index contributed by atoms with van der Waals surface area (Å²) < 4.78 is 5.57. The number of benzene rings is 2. The summed E-state index contributed by atoms with van der Waals surface area (Å²) in [6, 6.07) is 15.4. The molecule has 2 atom stereocenters. The Labute approximate surface area is 169 Å². The van der Waals surface area contributed by atoms with Gasteiger partial charge in [-0.15, -0.1) is 0 Å². The lowest BCUT2D eigenvalue weighted by Gasteiger charge is -2.35. The molecule has 5 heteroatoms. The molecule has 0 saturated heterocycles. The van der Waals surface area contributed by atoms with Crippen LogP contribution >= 0.6 is 0 Å². The minimum Gasteiger partial charge on any atom is -0.508 e. The van der Waals surface area contributed by atoms with E-state index >= 15 is 0 Å². The lowest BCUT2D eigenvalue weighted by Crippen LogP contribution is -2.29. The Morgan fingerprint density at radius 3 is 2.52 bits per heavy atom. The first-order chi connectivity index (χ1) is 14.0. The average molecular weight is 386 g/mol. The molecule has 29 heavy (non-hydrogen) atoms. The highest BCUT2D eigenvalue weighted by Crippen LogP contribution is 2.50. The Morgan fingerprint density at radius 2 is 1.76 bits per heavy atom. The summed E-state index contributed by atoms with van der Waals surface area (Å²) in [5.74, 6) is 0.688. The summed E-state index contributed by atoms with van der Waals surface area (Å²) >= 11 is 0. The van der Waals surface area contributed by atoms with Crippen LogP contribution in [0.15, 0.2) is 64.3 Å². The Kier molecular flexibility index (Phi) is 4.05. The molecule has 146 valence electrons. The fourth-order valence-electron chi connectivity index (χ4n) is 4.75. The number of hydrogen-bond donors (Lipinski definition) is 2. The largest absolute Gasteiger partial charge is 0.508 e. The fraction of sp³-hybridized carbons (Fsp3) is 0.250. The van der Waals surface area contributed by atoms with Gasteiger partial charge in [0, 0.05) is 29.5 Å². The van der Waals surface area contributed by atoms with Crippen molar-refractivity contribution >= 4 is 11.7 Å². The van der Waals surface area contributed by atoms with Gasteiger partial charge in [0.15, 0.2) is 5.78 Å². The molecule has 0 fully saturated rings. The van der Waals surface area contributed by atoms with Crippen LogP contribution in [0.4, 0.5) is 5.88 Å². The maximum atomic E-state index is 13.4. The number of aryl methyl sites for hydroxylation is 2. The maximum Gasteiger partial charge on any atom is 0.233 e. The minimum absolute atomic E-state index is 0.0713. The summed E-state index contributed by atoms with van der Waals surface area (Å²) in [7, 11) is 0. The number of nitrogens with zero attached hydrogens (tertiary/aromatic N) is 1. The van der Waals surface area contributed by atoms with Gasteiger partial charge in [-0.05, 0) is 43.0 Å². The SMILES string of the molecule is Cc1ccccc1[C@@H]1C2=C(C[C@@H](c3ccccc3O)CC2=O)Nc2onc(C)c21. The normalized spacial score (nSPS) is 20.8. The van der Waals surface area contributed by atoms with Crippen LogP contribution in [0.25, 0.3) is 0 Å². The van der Waals surface area contributed by atoms with Crippen LogP contribution in [0.2, 0.25) is 0 Å². The molecule has 0 spiro atoms. The quantitative estimate of drug-likeness (QED) is 0.651. The summed E-state index contributed by atoms with van der Waals surface area (Å²) in [5, 5.41) is 17.8. The molecular weight excluding hydrogens is 364 g/mol. The van der Waals surface area contributed by atoms with Gasteiger partial charge in [0.1, 0.15) is 5.75 Å². The molecule has 0 saturated carbocycles.